The third kappa shape index (κ3) is 3.63. The molecule has 1 aliphatic carbocycles. The van der Waals surface area contributed by atoms with Crippen molar-refractivity contribution in [3.05, 3.63) is 16.3 Å². The summed E-state index contributed by atoms with van der Waals surface area (Å²) in [5.74, 6) is 1.34. The highest BCUT2D eigenvalue weighted by Crippen LogP contribution is 2.27. The molecule has 0 saturated heterocycles. The highest BCUT2D eigenvalue weighted by atomic mass is 35.5. The van der Waals surface area contributed by atoms with Gasteiger partial charge in [-0.15, -0.1) is 22.9 Å². The lowest BCUT2D eigenvalue weighted by Crippen LogP contribution is -2.42. The Balaban J connectivity index is 2.10. The summed E-state index contributed by atoms with van der Waals surface area (Å²) in [6.45, 7) is 0.630. The zero-order chi connectivity index (χ0) is 13.7. The highest BCUT2D eigenvalue weighted by Gasteiger charge is 2.26. The Morgan fingerprint density at radius 1 is 1.47 bits per heavy atom. The van der Waals surface area contributed by atoms with Crippen LogP contribution in [0.25, 0.3) is 0 Å². The predicted molar refractivity (Wildman–Crippen MR) is 79.5 cm³/mol. The van der Waals surface area contributed by atoms with Gasteiger partial charge in [-0.3, -0.25) is 4.79 Å². The van der Waals surface area contributed by atoms with E-state index in [1.165, 1.54) is 30.6 Å². The Labute approximate surface area is 123 Å². The second-order valence-corrected chi connectivity index (χ2v) is 6.12. The van der Waals surface area contributed by atoms with E-state index < -0.39 is 0 Å². The molecule has 0 aromatic carbocycles. The summed E-state index contributed by atoms with van der Waals surface area (Å²) in [7, 11) is 1.62. The number of amides is 1. The van der Waals surface area contributed by atoms with E-state index in [1.54, 1.807) is 7.11 Å². The Hall–Kier alpha value is -0.740. The second-order valence-electron chi connectivity index (χ2n) is 4.83. The highest BCUT2D eigenvalue weighted by molar-refractivity contribution is 7.12. The molecule has 1 fully saturated rings. The van der Waals surface area contributed by atoms with E-state index in [9.17, 15) is 4.79 Å². The van der Waals surface area contributed by atoms with E-state index >= 15 is 0 Å². The van der Waals surface area contributed by atoms with Gasteiger partial charge in [0.05, 0.1) is 12.0 Å². The Kier molecular flexibility index (Phi) is 5.52. The molecule has 1 aromatic heterocycles. The molecule has 0 radical (unpaired) electrons. The van der Waals surface area contributed by atoms with Crippen LogP contribution in [-0.4, -0.2) is 36.4 Å². The standard InChI is InChI=1S/C14H20ClNO2S/c1-18-12-9-13(19-10-12)14(17)16(8-7-15)11-5-3-2-4-6-11/h9-11H,2-8H2,1H3. The Bertz CT molecular complexity index is 415. The predicted octanol–water partition coefficient (Wildman–Crippen LogP) is 3.77. The molecular weight excluding hydrogens is 282 g/mol. The van der Waals surface area contributed by atoms with Crippen LogP contribution in [0.1, 0.15) is 41.8 Å². The fourth-order valence-electron chi connectivity index (χ4n) is 2.61. The fraction of sp³-hybridized carbons (Fsp3) is 0.643. The topological polar surface area (TPSA) is 29.5 Å². The molecule has 106 valence electrons. The molecule has 0 unspecified atom stereocenters. The first-order valence-corrected chi connectivity index (χ1v) is 8.17. The van der Waals surface area contributed by atoms with Gasteiger partial charge in [-0.1, -0.05) is 19.3 Å². The van der Waals surface area contributed by atoms with Crippen LogP contribution >= 0.6 is 22.9 Å². The van der Waals surface area contributed by atoms with Gasteiger partial charge in [-0.25, -0.2) is 0 Å². The molecule has 1 aliphatic rings. The summed E-state index contributed by atoms with van der Waals surface area (Å²) >= 11 is 7.31. The number of rotatable bonds is 5. The molecule has 1 amide bonds. The SMILES string of the molecule is COc1csc(C(=O)N(CCCl)C2CCCCC2)c1. The number of halogens is 1. The number of carbonyl (C=O) groups is 1. The Morgan fingerprint density at radius 3 is 2.79 bits per heavy atom. The van der Waals surface area contributed by atoms with Gasteiger partial charge >= 0.3 is 0 Å². The number of nitrogens with zero attached hydrogens (tertiary/aromatic N) is 1. The zero-order valence-electron chi connectivity index (χ0n) is 11.2. The molecule has 1 saturated carbocycles. The molecule has 5 heteroatoms. The van der Waals surface area contributed by atoms with Crippen molar-refractivity contribution in [2.45, 2.75) is 38.1 Å². The van der Waals surface area contributed by atoms with E-state index in [0.717, 1.165) is 23.5 Å². The molecule has 0 spiro atoms. The number of ether oxygens (including phenoxy) is 1. The summed E-state index contributed by atoms with van der Waals surface area (Å²) in [5.41, 5.74) is 0. The van der Waals surface area contributed by atoms with Gasteiger partial charge in [0.1, 0.15) is 5.75 Å². The van der Waals surface area contributed by atoms with Crippen molar-refractivity contribution in [1.82, 2.24) is 4.90 Å². The number of thiophene rings is 1. The van der Waals surface area contributed by atoms with Crippen molar-refractivity contribution in [3.63, 3.8) is 0 Å². The molecular formula is C14H20ClNO2S. The van der Waals surface area contributed by atoms with Crippen molar-refractivity contribution in [2.75, 3.05) is 19.5 Å². The second kappa shape index (κ2) is 7.15. The van der Waals surface area contributed by atoms with E-state index in [4.69, 9.17) is 16.3 Å². The van der Waals surface area contributed by atoms with Crippen LogP contribution in [-0.2, 0) is 0 Å². The molecule has 0 aliphatic heterocycles. The van der Waals surface area contributed by atoms with Crippen molar-refractivity contribution >= 4 is 28.8 Å². The number of hydrogen-bond acceptors (Lipinski definition) is 3. The van der Waals surface area contributed by atoms with Crippen LogP contribution in [0.4, 0.5) is 0 Å². The molecule has 1 heterocycles. The number of alkyl halides is 1. The molecule has 2 rings (SSSR count). The van der Waals surface area contributed by atoms with Gasteiger partial charge in [0, 0.05) is 29.9 Å². The van der Waals surface area contributed by atoms with Gasteiger partial charge < -0.3 is 9.64 Å². The quantitative estimate of drug-likeness (QED) is 0.775. The molecule has 0 atom stereocenters. The van der Waals surface area contributed by atoms with Crippen LogP contribution in [0.3, 0.4) is 0 Å². The molecule has 19 heavy (non-hydrogen) atoms. The lowest BCUT2D eigenvalue weighted by atomic mass is 9.94. The first-order valence-electron chi connectivity index (χ1n) is 6.75. The van der Waals surface area contributed by atoms with Gasteiger partial charge in [-0.05, 0) is 12.8 Å². The minimum atomic E-state index is 0.0980. The van der Waals surface area contributed by atoms with E-state index in [0.29, 0.717) is 18.5 Å². The number of carbonyl (C=O) groups excluding carboxylic acids is 1. The fourth-order valence-corrected chi connectivity index (χ4v) is 3.60. The van der Waals surface area contributed by atoms with Gasteiger partial charge in [0.25, 0.3) is 5.91 Å². The summed E-state index contributed by atoms with van der Waals surface area (Å²) < 4.78 is 5.14. The lowest BCUT2D eigenvalue weighted by molar-refractivity contribution is 0.0654. The normalized spacial score (nSPS) is 16.3. The van der Waals surface area contributed by atoms with Gasteiger partial charge in [0.15, 0.2) is 0 Å². The number of hydrogen-bond donors (Lipinski definition) is 0. The van der Waals surface area contributed by atoms with Crippen molar-refractivity contribution < 1.29 is 9.53 Å². The van der Waals surface area contributed by atoms with E-state index in [-0.39, 0.29) is 5.91 Å². The first kappa shape index (κ1) is 14.7. The van der Waals surface area contributed by atoms with Crippen LogP contribution < -0.4 is 4.74 Å². The van der Waals surface area contributed by atoms with Crippen LogP contribution in [0.15, 0.2) is 11.4 Å². The third-order valence-corrected chi connectivity index (χ3v) is 4.69. The van der Waals surface area contributed by atoms with Crippen LogP contribution in [0.2, 0.25) is 0 Å². The van der Waals surface area contributed by atoms with Crippen LogP contribution in [0.5, 0.6) is 5.75 Å². The van der Waals surface area contributed by atoms with Crippen molar-refractivity contribution in [1.29, 1.82) is 0 Å². The summed E-state index contributed by atoms with van der Waals surface area (Å²) in [5, 5.41) is 1.87. The monoisotopic (exact) mass is 301 g/mol. The smallest absolute Gasteiger partial charge is 0.264 e. The summed E-state index contributed by atoms with van der Waals surface area (Å²) in [6, 6.07) is 2.17. The van der Waals surface area contributed by atoms with E-state index in [1.807, 2.05) is 16.3 Å². The lowest BCUT2D eigenvalue weighted by Gasteiger charge is -2.33. The maximum atomic E-state index is 12.6. The molecule has 0 bridgehead atoms. The molecule has 1 aromatic rings. The summed E-state index contributed by atoms with van der Waals surface area (Å²) in [6.07, 6.45) is 5.91. The van der Waals surface area contributed by atoms with Crippen molar-refractivity contribution in [3.8, 4) is 5.75 Å². The van der Waals surface area contributed by atoms with Gasteiger partial charge in [-0.2, -0.15) is 0 Å². The van der Waals surface area contributed by atoms with E-state index in [2.05, 4.69) is 0 Å². The zero-order valence-corrected chi connectivity index (χ0v) is 12.8. The maximum absolute atomic E-state index is 12.6. The van der Waals surface area contributed by atoms with Crippen LogP contribution in [0, 0.1) is 0 Å². The minimum Gasteiger partial charge on any atom is -0.496 e. The molecule has 3 nitrogen and oxygen atoms in total. The Morgan fingerprint density at radius 2 is 2.21 bits per heavy atom. The largest absolute Gasteiger partial charge is 0.496 e. The molecule has 0 N–H and O–H groups in total. The average molecular weight is 302 g/mol. The number of methoxy groups -OCH3 is 1. The first-order chi connectivity index (χ1) is 9.26. The van der Waals surface area contributed by atoms with Crippen molar-refractivity contribution in [2.24, 2.45) is 0 Å². The summed E-state index contributed by atoms with van der Waals surface area (Å²) in [4.78, 5) is 15.3. The van der Waals surface area contributed by atoms with Gasteiger partial charge in [0.2, 0.25) is 0 Å². The average Bonchev–Trinajstić information content (AvgIpc) is 2.94. The third-order valence-electron chi connectivity index (χ3n) is 3.62. The maximum Gasteiger partial charge on any atom is 0.264 e. The minimum absolute atomic E-state index is 0.0980.